The van der Waals surface area contributed by atoms with Gasteiger partial charge in [0.2, 0.25) is 5.91 Å². The Labute approximate surface area is 181 Å². The lowest BCUT2D eigenvalue weighted by molar-refractivity contribution is -0.136. The van der Waals surface area contributed by atoms with E-state index in [4.69, 9.17) is 0 Å². The van der Waals surface area contributed by atoms with E-state index in [2.05, 4.69) is 28.4 Å². The van der Waals surface area contributed by atoms with Crippen molar-refractivity contribution in [2.75, 3.05) is 33.7 Å². The van der Waals surface area contributed by atoms with Crippen LogP contribution in [-0.2, 0) is 11.3 Å². The molecule has 4 heterocycles. The van der Waals surface area contributed by atoms with Crippen LogP contribution in [-0.4, -0.2) is 74.9 Å². The van der Waals surface area contributed by atoms with Gasteiger partial charge in [0.1, 0.15) is 0 Å². The summed E-state index contributed by atoms with van der Waals surface area (Å²) in [4.78, 5) is 41.0. The first-order valence-corrected chi connectivity index (χ1v) is 11.3. The van der Waals surface area contributed by atoms with Crippen LogP contribution in [0.3, 0.4) is 0 Å². The fourth-order valence-electron chi connectivity index (χ4n) is 4.69. The summed E-state index contributed by atoms with van der Waals surface area (Å²) in [5.74, 6) is 0.0161. The highest BCUT2D eigenvalue weighted by molar-refractivity contribution is 7.09. The zero-order valence-electron chi connectivity index (χ0n) is 18.3. The zero-order valence-corrected chi connectivity index (χ0v) is 19.1. The summed E-state index contributed by atoms with van der Waals surface area (Å²) in [7, 11) is 3.51. The van der Waals surface area contributed by atoms with E-state index >= 15 is 0 Å². The first kappa shape index (κ1) is 20.8. The van der Waals surface area contributed by atoms with Crippen molar-refractivity contribution in [3.05, 3.63) is 34.3 Å². The molecule has 2 saturated heterocycles. The molecule has 0 aromatic carbocycles. The van der Waals surface area contributed by atoms with Crippen LogP contribution in [0.5, 0.6) is 0 Å². The summed E-state index contributed by atoms with van der Waals surface area (Å²) >= 11 is 1.60. The summed E-state index contributed by atoms with van der Waals surface area (Å²) in [5.41, 5.74) is 1.22. The van der Waals surface area contributed by atoms with Gasteiger partial charge in [0.15, 0.2) is 0 Å². The normalized spacial score (nSPS) is 23.9. The topological polar surface area (TPSA) is 74.6 Å². The summed E-state index contributed by atoms with van der Waals surface area (Å²) in [6.45, 7) is 8.35. The van der Waals surface area contributed by atoms with Gasteiger partial charge >= 0.3 is 6.03 Å². The van der Waals surface area contributed by atoms with E-state index < -0.39 is 5.41 Å². The van der Waals surface area contributed by atoms with Crippen molar-refractivity contribution in [2.45, 2.75) is 45.7 Å². The molecule has 9 heteroatoms. The van der Waals surface area contributed by atoms with Crippen LogP contribution in [0.4, 0.5) is 4.79 Å². The molecule has 4 rings (SSSR count). The Morgan fingerprint density at radius 1 is 1.40 bits per heavy atom. The standard InChI is InChI=1S/C21H30N6O2S/c1-14(2)27-10-18(22-13-27)17-9-26(20(29)24(4)5)12-21(17)6-7-25(19(21)28)8-16-11-30-15(3)23-16/h10-11,13-14,17H,6-9,12H2,1-5H3/t17-,21+/m0/s1. The monoisotopic (exact) mass is 430 g/mol. The number of hydrogen-bond acceptors (Lipinski definition) is 5. The van der Waals surface area contributed by atoms with Crippen LogP contribution in [0.15, 0.2) is 17.9 Å². The second kappa shape index (κ2) is 7.68. The molecule has 3 amide bonds. The fourth-order valence-corrected chi connectivity index (χ4v) is 5.29. The number of amides is 3. The number of imidazole rings is 1. The molecular weight excluding hydrogens is 400 g/mol. The van der Waals surface area contributed by atoms with Gasteiger partial charge in [-0.3, -0.25) is 4.79 Å². The summed E-state index contributed by atoms with van der Waals surface area (Å²) in [6.07, 6.45) is 4.60. The van der Waals surface area contributed by atoms with E-state index in [-0.39, 0.29) is 17.9 Å². The van der Waals surface area contributed by atoms with Crippen molar-refractivity contribution in [3.8, 4) is 0 Å². The average Bonchev–Trinajstić information content (AvgIpc) is 3.46. The smallest absolute Gasteiger partial charge is 0.319 e. The highest BCUT2D eigenvalue weighted by atomic mass is 32.1. The van der Waals surface area contributed by atoms with Gasteiger partial charge in [0.25, 0.3) is 0 Å². The number of urea groups is 1. The van der Waals surface area contributed by atoms with Crippen LogP contribution in [0.1, 0.15) is 48.6 Å². The van der Waals surface area contributed by atoms with Gasteiger partial charge in [0, 0.05) is 57.3 Å². The van der Waals surface area contributed by atoms with Gasteiger partial charge in [-0.15, -0.1) is 11.3 Å². The van der Waals surface area contributed by atoms with E-state index in [1.807, 2.05) is 34.6 Å². The van der Waals surface area contributed by atoms with Gasteiger partial charge in [0.05, 0.1) is 34.7 Å². The van der Waals surface area contributed by atoms with E-state index in [1.54, 1.807) is 30.3 Å². The molecule has 1 spiro atoms. The molecule has 162 valence electrons. The molecule has 0 N–H and O–H groups in total. The molecule has 30 heavy (non-hydrogen) atoms. The Kier molecular flexibility index (Phi) is 5.34. The molecular formula is C21H30N6O2S. The lowest BCUT2D eigenvalue weighted by atomic mass is 9.75. The number of carbonyl (C=O) groups excluding carboxylic acids is 2. The number of carbonyl (C=O) groups is 2. The molecule has 2 aliphatic rings. The number of hydrogen-bond donors (Lipinski definition) is 0. The lowest BCUT2D eigenvalue weighted by Crippen LogP contribution is -2.42. The number of nitrogens with zero attached hydrogens (tertiary/aromatic N) is 6. The van der Waals surface area contributed by atoms with E-state index in [1.165, 1.54) is 0 Å². The van der Waals surface area contributed by atoms with Crippen molar-refractivity contribution in [1.29, 1.82) is 0 Å². The number of aryl methyl sites for hydroxylation is 1. The number of thiazole rings is 1. The molecule has 0 unspecified atom stereocenters. The molecule has 8 nitrogen and oxygen atoms in total. The molecule has 2 atom stereocenters. The van der Waals surface area contributed by atoms with Crippen LogP contribution < -0.4 is 0 Å². The number of likely N-dealkylation sites (tertiary alicyclic amines) is 2. The molecule has 2 aromatic heterocycles. The molecule has 0 bridgehead atoms. The van der Waals surface area contributed by atoms with Gasteiger partial charge < -0.3 is 19.3 Å². The Balaban J connectivity index is 1.64. The molecule has 0 saturated carbocycles. The lowest BCUT2D eigenvalue weighted by Gasteiger charge is -2.28. The Bertz CT molecular complexity index is 951. The van der Waals surface area contributed by atoms with Gasteiger partial charge in [-0.25, -0.2) is 14.8 Å². The van der Waals surface area contributed by atoms with Gasteiger partial charge in [-0.2, -0.15) is 0 Å². The average molecular weight is 431 g/mol. The Morgan fingerprint density at radius 3 is 2.77 bits per heavy atom. The predicted octanol–water partition coefficient (Wildman–Crippen LogP) is 2.73. The largest absolute Gasteiger partial charge is 0.336 e. The molecule has 0 radical (unpaired) electrons. The van der Waals surface area contributed by atoms with Gasteiger partial charge in [-0.05, 0) is 27.2 Å². The van der Waals surface area contributed by atoms with Crippen LogP contribution in [0.25, 0.3) is 0 Å². The maximum absolute atomic E-state index is 13.7. The quantitative estimate of drug-likeness (QED) is 0.748. The van der Waals surface area contributed by atoms with E-state index in [0.29, 0.717) is 32.2 Å². The first-order chi connectivity index (χ1) is 14.2. The minimum Gasteiger partial charge on any atom is -0.336 e. The van der Waals surface area contributed by atoms with Crippen molar-refractivity contribution < 1.29 is 9.59 Å². The maximum Gasteiger partial charge on any atom is 0.319 e. The van der Waals surface area contributed by atoms with Crippen molar-refractivity contribution in [3.63, 3.8) is 0 Å². The van der Waals surface area contributed by atoms with E-state index in [0.717, 1.165) is 22.8 Å². The third-order valence-corrected chi connectivity index (χ3v) is 7.15. The Hall–Kier alpha value is -2.42. The second-order valence-corrected chi connectivity index (χ2v) is 10.0. The first-order valence-electron chi connectivity index (χ1n) is 10.4. The van der Waals surface area contributed by atoms with Crippen molar-refractivity contribution >= 4 is 23.3 Å². The van der Waals surface area contributed by atoms with Crippen molar-refractivity contribution in [2.24, 2.45) is 5.41 Å². The predicted molar refractivity (Wildman–Crippen MR) is 115 cm³/mol. The van der Waals surface area contributed by atoms with Crippen molar-refractivity contribution in [1.82, 2.24) is 29.2 Å². The van der Waals surface area contributed by atoms with Gasteiger partial charge in [-0.1, -0.05) is 0 Å². The maximum atomic E-state index is 13.7. The Morgan fingerprint density at radius 2 is 2.17 bits per heavy atom. The third kappa shape index (κ3) is 3.49. The zero-order chi connectivity index (χ0) is 21.6. The number of aromatic nitrogens is 3. The minimum atomic E-state index is -0.618. The highest BCUT2D eigenvalue weighted by Crippen LogP contribution is 2.50. The van der Waals surface area contributed by atoms with E-state index in [9.17, 15) is 9.59 Å². The molecule has 0 aliphatic carbocycles. The molecule has 2 aliphatic heterocycles. The second-order valence-electron chi connectivity index (χ2n) is 8.94. The SMILES string of the molecule is Cc1nc(CN2CC[C@]3(CN(C(=O)N(C)C)C[C@H]3c3cn(C(C)C)cn3)C2=O)cs1. The minimum absolute atomic E-state index is 0.0541. The molecule has 2 aromatic rings. The fraction of sp³-hybridized carbons (Fsp3) is 0.619. The van der Waals surface area contributed by atoms with Crippen LogP contribution in [0.2, 0.25) is 0 Å². The molecule has 2 fully saturated rings. The number of rotatable bonds is 4. The summed E-state index contributed by atoms with van der Waals surface area (Å²) in [5, 5.41) is 3.03. The van der Waals surface area contributed by atoms with Crippen LogP contribution in [0, 0.1) is 12.3 Å². The summed E-state index contributed by atoms with van der Waals surface area (Å²) < 4.78 is 2.06. The third-order valence-electron chi connectivity index (χ3n) is 6.33. The summed E-state index contributed by atoms with van der Waals surface area (Å²) in [6, 6.07) is 0.244. The van der Waals surface area contributed by atoms with Crippen LogP contribution >= 0.6 is 11.3 Å². The highest BCUT2D eigenvalue weighted by Gasteiger charge is 2.58.